The number of sulfonamides is 1. The molecule has 1 heterocycles. The van der Waals surface area contributed by atoms with Gasteiger partial charge >= 0.3 is 6.03 Å². The first-order valence-electron chi connectivity index (χ1n) is 10.9. The molecule has 0 radical (unpaired) electrons. The fraction of sp³-hybridized carbons (Fsp3) is 0.120. The summed E-state index contributed by atoms with van der Waals surface area (Å²) in [6.45, 7) is 0. The Kier molecular flexibility index (Phi) is 7.69. The summed E-state index contributed by atoms with van der Waals surface area (Å²) in [5.41, 5.74) is 0.454. The lowest BCUT2D eigenvalue weighted by Gasteiger charge is -2.25. The van der Waals surface area contributed by atoms with Crippen molar-refractivity contribution in [1.29, 1.82) is 0 Å². The van der Waals surface area contributed by atoms with Crippen molar-refractivity contribution in [1.82, 2.24) is 10.0 Å². The Hall–Kier alpha value is -3.97. The zero-order chi connectivity index (χ0) is 27.6. The van der Waals surface area contributed by atoms with E-state index < -0.39 is 62.6 Å². The van der Waals surface area contributed by atoms with Crippen LogP contribution in [0.4, 0.5) is 28.0 Å². The summed E-state index contributed by atoms with van der Waals surface area (Å²) in [5, 5.41) is 4.91. The highest BCUT2D eigenvalue weighted by molar-refractivity contribution is 7.90. The second-order valence-electron chi connectivity index (χ2n) is 8.23. The van der Waals surface area contributed by atoms with E-state index in [-0.39, 0.29) is 5.56 Å². The molecule has 3 amide bonds. The third-order valence-electron chi connectivity index (χ3n) is 5.53. The molecule has 1 atom stereocenters. The van der Waals surface area contributed by atoms with Crippen molar-refractivity contribution < 1.29 is 35.6 Å². The molecule has 2 N–H and O–H groups in total. The Morgan fingerprint density at radius 3 is 2.32 bits per heavy atom. The zero-order valence-corrected chi connectivity index (χ0v) is 21.2. The molecular weight excluding hydrogens is 546 g/mol. The van der Waals surface area contributed by atoms with Crippen LogP contribution >= 0.6 is 11.3 Å². The van der Waals surface area contributed by atoms with Gasteiger partial charge in [0.25, 0.3) is 10.0 Å². The largest absolute Gasteiger partial charge is 0.329 e. The molecule has 3 aromatic carbocycles. The first kappa shape index (κ1) is 27.1. The number of nitrogens with one attached hydrogen (secondary N) is 2. The van der Waals surface area contributed by atoms with Crippen LogP contribution in [0.5, 0.6) is 0 Å². The van der Waals surface area contributed by atoms with E-state index in [0.29, 0.717) is 30.0 Å². The van der Waals surface area contributed by atoms with Crippen molar-refractivity contribution in [3.05, 3.63) is 94.9 Å². The number of amides is 3. The monoisotopic (exact) mass is 565 g/mol. The number of carbonyl (C=O) groups excluding carboxylic acids is 2. The number of likely N-dealkylation sites (N-methyl/N-ethyl adjacent to an activating group) is 1. The van der Waals surface area contributed by atoms with Gasteiger partial charge in [0.15, 0.2) is 0 Å². The van der Waals surface area contributed by atoms with Gasteiger partial charge in [-0.2, -0.15) is 0 Å². The average molecular weight is 566 g/mol. The van der Waals surface area contributed by atoms with Crippen LogP contribution in [0.3, 0.4) is 0 Å². The molecule has 0 spiro atoms. The van der Waals surface area contributed by atoms with Crippen LogP contribution in [-0.2, 0) is 21.2 Å². The molecule has 1 aromatic heterocycles. The molecule has 198 valence electrons. The molecule has 0 unspecified atom stereocenters. The number of carbonyl (C=O) groups is 2. The lowest BCUT2D eigenvalue weighted by atomic mass is 10.0. The van der Waals surface area contributed by atoms with Crippen LogP contribution < -0.4 is 14.9 Å². The van der Waals surface area contributed by atoms with E-state index in [1.807, 2.05) is 11.4 Å². The highest BCUT2D eigenvalue weighted by atomic mass is 32.2. The molecule has 38 heavy (non-hydrogen) atoms. The van der Waals surface area contributed by atoms with E-state index in [4.69, 9.17) is 0 Å². The van der Waals surface area contributed by atoms with Gasteiger partial charge in [0.05, 0.1) is 0 Å². The quantitative estimate of drug-likeness (QED) is 0.317. The Morgan fingerprint density at radius 2 is 1.63 bits per heavy atom. The molecule has 13 heteroatoms. The Morgan fingerprint density at radius 1 is 0.921 bits per heavy atom. The second kappa shape index (κ2) is 10.8. The van der Waals surface area contributed by atoms with Gasteiger partial charge < -0.3 is 10.2 Å². The van der Waals surface area contributed by atoms with Crippen molar-refractivity contribution in [3.8, 4) is 0 Å². The number of hydrogen-bond acceptors (Lipinski definition) is 5. The number of anilines is 1. The van der Waals surface area contributed by atoms with Crippen LogP contribution in [-0.4, -0.2) is 33.4 Å². The van der Waals surface area contributed by atoms with Crippen LogP contribution in [0.1, 0.15) is 5.56 Å². The van der Waals surface area contributed by atoms with Gasteiger partial charge in [-0.1, -0.05) is 0 Å². The lowest BCUT2D eigenvalue weighted by molar-refractivity contribution is -0.120. The topological polar surface area (TPSA) is 95.6 Å². The number of halogens is 4. The summed E-state index contributed by atoms with van der Waals surface area (Å²) in [4.78, 5) is 26.2. The number of hydrogen-bond donors (Lipinski definition) is 2. The first-order valence-corrected chi connectivity index (χ1v) is 13.3. The molecule has 0 saturated carbocycles. The fourth-order valence-electron chi connectivity index (χ4n) is 3.75. The SMILES string of the molecule is CN(C(=O)[C@H](Cc1cc(F)cc(F)c1)NC(=O)NS(=O)(=O)c1ccc(F)cc1F)c1ccc2sccc2c1. The number of rotatable bonds is 7. The summed E-state index contributed by atoms with van der Waals surface area (Å²) in [5.74, 6) is -5.02. The normalized spacial score (nSPS) is 12.2. The minimum atomic E-state index is -4.80. The average Bonchev–Trinajstić information content (AvgIpc) is 3.29. The lowest BCUT2D eigenvalue weighted by Crippen LogP contribution is -2.52. The molecule has 0 aliphatic rings. The number of fused-ring (bicyclic) bond motifs is 1. The number of thiophene rings is 1. The summed E-state index contributed by atoms with van der Waals surface area (Å²) in [6, 6.07) is 8.34. The first-order chi connectivity index (χ1) is 17.9. The second-order valence-corrected chi connectivity index (χ2v) is 10.8. The molecule has 0 aliphatic heterocycles. The van der Waals surface area contributed by atoms with Gasteiger partial charge in [0, 0.05) is 36.0 Å². The zero-order valence-electron chi connectivity index (χ0n) is 19.5. The van der Waals surface area contributed by atoms with E-state index >= 15 is 0 Å². The van der Waals surface area contributed by atoms with Crippen LogP contribution in [0, 0.1) is 23.3 Å². The van der Waals surface area contributed by atoms with Gasteiger partial charge in [-0.3, -0.25) is 4.79 Å². The van der Waals surface area contributed by atoms with Crippen molar-refractivity contribution in [3.63, 3.8) is 0 Å². The van der Waals surface area contributed by atoms with E-state index in [2.05, 4.69) is 5.32 Å². The number of urea groups is 1. The third-order valence-corrected chi connectivity index (χ3v) is 7.79. The van der Waals surface area contributed by atoms with Crippen LogP contribution in [0.15, 0.2) is 70.9 Å². The van der Waals surface area contributed by atoms with Gasteiger partial charge in [-0.15, -0.1) is 11.3 Å². The Balaban J connectivity index is 1.60. The van der Waals surface area contributed by atoms with Crippen molar-refractivity contribution in [2.75, 3.05) is 11.9 Å². The highest BCUT2D eigenvalue weighted by Gasteiger charge is 2.29. The molecular formula is C25H19F4N3O4S2. The van der Waals surface area contributed by atoms with Crippen molar-refractivity contribution in [2.45, 2.75) is 17.4 Å². The van der Waals surface area contributed by atoms with Gasteiger partial charge in [0.1, 0.15) is 34.2 Å². The third kappa shape index (κ3) is 6.11. The van der Waals surface area contributed by atoms with Crippen LogP contribution in [0.2, 0.25) is 0 Å². The fourth-order valence-corrected chi connectivity index (χ4v) is 5.49. The summed E-state index contributed by atoms with van der Waals surface area (Å²) in [6.07, 6.45) is -0.406. The molecule has 7 nitrogen and oxygen atoms in total. The summed E-state index contributed by atoms with van der Waals surface area (Å²) < 4.78 is 82.3. The number of nitrogens with zero attached hydrogens (tertiary/aromatic N) is 1. The van der Waals surface area contributed by atoms with E-state index in [0.717, 1.165) is 22.2 Å². The Labute approximate surface area is 218 Å². The van der Waals surface area contributed by atoms with Crippen molar-refractivity contribution >= 4 is 49.1 Å². The van der Waals surface area contributed by atoms with Gasteiger partial charge in [-0.25, -0.2) is 35.5 Å². The molecule has 0 saturated heterocycles. The van der Waals surface area contributed by atoms with Gasteiger partial charge in [0.2, 0.25) is 5.91 Å². The molecule has 0 fully saturated rings. The minimum Gasteiger partial charge on any atom is -0.325 e. The molecule has 4 aromatic rings. The Bertz CT molecular complexity index is 1620. The van der Waals surface area contributed by atoms with Gasteiger partial charge in [-0.05, 0) is 64.9 Å². The van der Waals surface area contributed by atoms with Crippen molar-refractivity contribution in [2.24, 2.45) is 0 Å². The predicted octanol–water partition coefficient (Wildman–Crippen LogP) is 4.72. The number of benzene rings is 3. The van der Waals surface area contributed by atoms with Crippen LogP contribution in [0.25, 0.3) is 10.1 Å². The molecule has 0 bridgehead atoms. The smallest absolute Gasteiger partial charge is 0.325 e. The molecule has 0 aliphatic carbocycles. The minimum absolute atomic E-state index is 0.00951. The maximum atomic E-state index is 14.0. The maximum absolute atomic E-state index is 14.0. The van der Waals surface area contributed by atoms with E-state index in [1.54, 1.807) is 22.9 Å². The molecule has 4 rings (SSSR count). The standard InChI is InChI=1S/C25H19F4N3O4S2/c1-32(19-3-4-22-15(11-19)6-7-37-22)24(33)21(10-14-8-17(27)12-18(28)9-14)30-25(34)31-38(35,36)23-5-2-16(26)13-20(23)29/h2-9,11-13,21H,10H2,1H3,(H2,30,31,34)/t21-/m0/s1. The highest BCUT2D eigenvalue weighted by Crippen LogP contribution is 2.26. The maximum Gasteiger partial charge on any atom is 0.329 e. The summed E-state index contributed by atoms with van der Waals surface area (Å²) in [7, 11) is -3.39. The predicted molar refractivity (Wildman–Crippen MR) is 134 cm³/mol. The summed E-state index contributed by atoms with van der Waals surface area (Å²) >= 11 is 1.50. The van der Waals surface area contributed by atoms with E-state index in [9.17, 15) is 35.6 Å². The van der Waals surface area contributed by atoms with E-state index in [1.165, 1.54) is 23.3 Å².